The third-order valence-electron chi connectivity index (χ3n) is 5.99. The molecule has 1 aliphatic rings. The van der Waals surface area contributed by atoms with Crippen LogP contribution >= 0.6 is 0 Å². The van der Waals surface area contributed by atoms with Gasteiger partial charge < -0.3 is 19.5 Å². The number of carbonyl (C=O) groups is 2. The van der Waals surface area contributed by atoms with Gasteiger partial charge in [0.25, 0.3) is 11.8 Å². The van der Waals surface area contributed by atoms with Crippen molar-refractivity contribution in [1.82, 2.24) is 19.7 Å². The summed E-state index contributed by atoms with van der Waals surface area (Å²) in [5.74, 6) is 0.323. The van der Waals surface area contributed by atoms with Gasteiger partial charge in [-0.3, -0.25) is 19.3 Å². The van der Waals surface area contributed by atoms with Crippen LogP contribution in [0.3, 0.4) is 0 Å². The molecule has 1 fully saturated rings. The zero-order valence-corrected chi connectivity index (χ0v) is 20.8. The van der Waals surface area contributed by atoms with Crippen molar-refractivity contribution in [3.05, 3.63) is 63.6 Å². The standard InChI is InChI=1S/C26H36N4O4/c1-18(2)14-27-25(32)22-16-30(19(3)4)17-23(24(22)31)26(33)29-11-9-28(10-12-29)15-20-7-6-8-21(13-20)34-5/h6-8,13,16-19H,9-12,14-15H2,1-5H3,(H,27,32). The van der Waals surface area contributed by atoms with Gasteiger partial charge in [-0.1, -0.05) is 26.0 Å². The molecule has 184 valence electrons. The van der Waals surface area contributed by atoms with Crippen molar-refractivity contribution < 1.29 is 14.3 Å². The second kappa shape index (κ2) is 11.3. The highest BCUT2D eigenvalue weighted by atomic mass is 16.5. The highest BCUT2D eigenvalue weighted by molar-refractivity contribution is 5.99. The molecule has 3 rings (SSSR count). The number of methoxy groups -OCH3 is 1. The van der Waals surface area contributed by atoms with Crippen LogP contribution in [0.5, 0.6) is 5.75 Å². The van der Waals surface area contributed by atoms with Gasteiger partial charge in [0.05, 0.1) is 7.11 Å². The van der Waals surface area contributed by atoms with Gasteiger partial charge in [-0.15, -0.1) is 0 Å². The minimum Gasteiger partial charge on any atom is -0.497 e. The molecular weight excluding hydrogens is 432 g/mol. The number of rotatable bonds is 8. The molecule has 0 bridgehead atoms. The number of nitrogens with one attached hydrogen (secondary N) is 1. The molecule has 1 aromatic carbocycles. The molecule has 1 aromatic heterocycles. The van der Waals surface area contributed by atoms with Crippen LogP contribution in [0.1, 0.15) is 60.0 Å². The van der Waals surface area contributed by atoms with Gasteiger partial charge in [0.1, 0.15) is 16.9 Å². The normalized spacial score (nSPS) is 14.5. The van der Waals surface area contributed by atoms with E-state index in [9.17, 15) is 14.4 Å². The summed E-state index contributed by atoms with van der Waals surface area (Å²) in [5.41, 5.74) is 0.699. The van der Waals surface area contributed by atoms with Crippen molar-refractivity contribution >= 4 is 11.8 Å². The quantitative estimate of drug-likeness (QED) is 0.644. The Morgan fingerprint density at radius 1 is 1.03 bits per heavy atom. The van der Waals surface area contributed by atoms with Crippen LogP contribution in [0, 0.1) is 5.92 Å². The fourth-order valence-electron chi connectivity index (χ4n) is 3.91. The number of pyridine rings is 1. The van der Waals surface area contributed by atoms with E-state index in [0.29, 0.717) is 32.7 Å². The molecule has 1 aliphatic heterocycles. The number of amides is 2. The first-order valence-corrected chi connectivity index (χ1v) is 11.9. The Balaban J connectivity index is 1.73. The van der Waals surface area contributed by atoms with Gasteiger partial charge >= 0.3 is 0 Å². The highest BCUT2D eigenvalue weighted by Gasteiger charge is 2.27. The van der Waals surface area contributed by atoms with Crippen LogP contribution in [0.4, 0.5) is 0 Å². The highest BCUT2D eigenvalue weighted by Crippen LogP contribution is 2.16. The van der Waals surface area contributed by atoms with Crippen LogP contribution in [0.2, 0.25) is 0 Å². The molecule has 0 saturated carbocycles. The van der Waals surface area contributed by atoms with Crippen LogP contribution < -0.4 is 15.5 Å². The summed E-state index contributed by atoms with van der Waals surface area (Å²) in [6.07, 6.45) is 3.13. The molecule has 2 heterocycles. The fourth-order valence-corrected chi connectivity index (χ4v) is 3.91. The van der Waals surface area contributed by atoms with E-state index >= 15 is 0 Å². The average Bonchev–Trinajstić information content (AvgIpc) is 2.82. The molecule has 2 amide bonds. The number of carbonyl (C=O) groups excluding carboxylic acids is 2. The van der Waals surface area contributed by atoms with Gasteiger partial charge in [0.2, 0.25) is 5.43 Å². The van der Waals surface area contributed by atoms with E-state index in [1.54, 1.807) is 29.0 Å². The molecule has 0 radical (unpaired) electrons. The SMILES string of the molecule is COc1cccc(CN2CCN(C(=O)c3cn(C(C)C)cc(C(=O)NCC(C)C)c3=O)CC2)c1. The fraction of sp³-hybridized carbons (Fsp3) is 0.500. The van der Waals surface area contributed by atoms with Crippen LogP contribution in [0.15, 0.2) is 41.5 Å². The van der Waals surface area contributed by atoms with Gasteiger partial charge in [-0.05, 0) is 37.5 Å². The Bertz CT molecular complexity index is 1070. The predicted octanol–water partition coefficient (Wildman–Crippen LogP) is 2.78. The summed E-state index contributed by atoms with van der Waals surface area (Å²) < 4.78 is 7.06. The van der Waals surface area contributed by atoms with Gasteiger partial charge in [-0.25, -0.2) is 0 Å². The van der Waals surface area contributed by atoms with Crippen molar-refractivity contribution in [3.8, 4) is 5.75 Å². The van der Waals surface area contributed by atoms with E-state index in [-0.39, 0.29) is 29.0 Å². The summed E-state index contributed by atoms with van der Waals surface area (Å²) in [7, 11) is 1.65. The molecule has 8 nitrogen and oxygen atoms in total. The summed E-state index contributed by atoms with van der Waals surface area (Å²) in [6, 6.07) is 7.97. The van der Waals surface area contributed by atoms with E-state index in [1.807, 2.05) is 45.9 Å². The number of hydrogen-bond donors (Lipinski definition) is 1. The minimum absolute atomic E-state index is 0.00325. The lowest BCUT2D eigenvalue weighted by Crippen LogP contribution is -2.49. The number of ether oxygens (including phenoxy) is 1. The van der Waals surface area contributed by atoms with Gasteiger partial charge in [0.15, 0.2) is 0 Å². The van der Waals surface area contributed by atoms with E-state index in [1.165, 1.54) is 0 Å². The monoisotopic (exact) mass is 468 g/mol. The minimum atomic E-state index is -0.512. The lowest BCUT2D eigenvalue weighted by atomic mass is 10.1. The van der Waals surface area contributed by atoms with Gasteiger partial charge in [-0.2, -0.15) is 0 Å². The molecule has 0 atom stereocenters. The van der Waals surface area contributed by atoms with Crippen LogP contribution in [0.25, 0.3) is 0 Å². The maximum absolute atomic E-state index is 13.3. The van der Waals surface area contributed by atoms with Crippen molar-refractivity contribution in [1.29, 1.82) is 0 Å². The zero-order chi connectivity index (χ0) is 24.8. The van der Waals surface area contributed by atoms with E-state index in [0.717, 1.165) is 17.9 Å². The zero-order valence-electron chi connectivity index (χ0n) is 20.8. The maximum atomic E-state index is 13.3. The molecule has 0 aliphatic carbocycles. The Hall–Kier alpha value is -3.13. The molecule has 1 saturated heterocycles. The molecule has 2 aromatic rings. The largest absolute Gasteiger partial charge is 0.497 e. The summed E-state index contributed by atoms with van der Waals surface area (Å²) in [4.78, 5) is 43.1. The lowest BCUT2D eigenvalue weighted by Gasteiger charge is -2.34. The molecule has 0 unspecified atom stereocenters. The second-order valence-corrected chi connectivity index (χ2v) is 9.48. The molecular formula is C26H36N4O4. The van der Waals surface area contributed by atoms with Crippen LogP contribution in [-0.2, 0) is 6.54 Å². The number of hydrogen-bond acceptors (Lipinski definition) is 5. The van der Waals surface area contributed by atoms with E-state index < -0.39 is 11.3 Å². The number of nitrogens with zero attached hydrogens (tertiary/aromatic N) is 3. The average molecular weight is 469 g/mol. The van der Waals surface area contributed by atoms with E-state index in [2.05, 4.69) is 16.3 Å². The Labute approximate surface area is 201 Å². The number of aromatic nitrogens is 1. The Morgan fingerprint density at radius 2 is 1.71 bits per heavy atom. The lowest BCUT2D eigenvalue weighted by molar-refractivity contribution is 0.0626. The number of benzene rings is 1. The summed E-state index contributed by atoms with van der Waals surface area (Å²) in [5, 5.41) is 2.80. The topological polar surface area (TPSA) is 83.9 Å². The maximum Gasteiger partial charge on any atom is 0.259 e. The van der Waals surface area contributed by atoms with Crippen molar-refractivity contribution in [2.45, 2.75) is 40.3 Å². The first kappa shape index (κ1) is 25.5. The third-order valence-corrected chi connectivity index (χ3v) is 5.99. The van der Waals surface area contributed by atoms with Crippen molar-refractivity contribution in [2.75, 3.05) is 39.8 Å². The van der Waals surface area contributed by atoms with Gasteiger partial charge in [0, 0.05) is 57.7 Å². The van der Waals surface area contributed by atoms with Crippen molar-refractivity contribution in [2.24, 2.45) is 5.92 Å². The first-order valence-electron chi connectivity index (χ1n) is 11.9. The molecule has 1 N–H and O–H groups in total. The second-order valence-electron chi connectivity index (χ2n) is 9.48. The Kier molecular flexibility index (Phi) is 8.50. The molecule has 8 heteroatoms. The smallest absolute Gasteiger partial charge is 0.259 e. The molecule has 0 spiro atoms. The Morgan fingerprint density at radius 3 is 2.32 bits per heavy atom. The molecule has 34 heavy (non-hydrogen) atoms. The summed E-state index contributed by atoms with van der Waals surface area (Å²) >= 11 is 0. The summed E-state index contributed by atoms with van der Waals surface area (Å²) in [6.45, 7) is 11.6. The van der Waals surface area contributed by atoms with E-state index in [4.69, 9.17) is 4.74 Å². The predicted molar refractivity (Wildman–Crippen MR) is 132 cm³/mol. The first-order chi connectivity index (χ1) is 16.2. The van der Waals surface area contributed by atoms with Crippen molar-refractivity contribution in [3.63, 3.8) is 0 Å². The number of piperazine rings is 1. The van der Waals surface area contributed by atoms with Crippen LogP contribution in [-0.4, -0.2) is 66.0 Å². The third kappa shape index (κ3) is 6.26.